The van der Waals surface area contributed by atoms with Gasteiger partial charge in [-0.3, -0.25) is 0 Å². The minimum atomic E-state index is -0.564. The SMILES string of the molecule is C=CCCC(C#N)(CCC)c1ccc(Cl)c(O)c1. The largest absolute Gasteiger partial charge is 0.506 e. The van der Waals surface area contributed by atoms with Gasteiger partial charge >= 0.3 is 0 Å². The van der Waals surface area contributed by atoms with Gasteiger partial charge in [-0.15, -0.1) is 6.58 Å². The summed E-state index contributed by atoms with van der Waals surface area (Å²) < 4.78 is 0. The van der Waals surface area contributed by atoms with Crippen LogP contribution < -0.4 is 0 Å². The van der Waals surface area contributed by atoms with Crippen LogP contribution in [0.1, 0.15) is 38.2 Å². The Morgan fingerprint density at radius 3 is 2.72 bits per heavy atom. The van der Waals surface area contributed by atoms with E-state index in [4.69, 9.17) is 11.6 Å². The molecule has 1 N–H and O–H groups in total. The third-order valence-electron chi connectivity index (χ3n) is 3.16. The summed E-state index contributed by atoms with van der Waals surface area (Å²) in [7, 11) is 0. The molecule has 2 nitrogen and oxygen atoms in total. The molecule has 0 heterocycles. The van der Waals surface area contributed by atoms with Crippen molar-refractivity contribution < 1.29 is 5.11 Å². The molecule has 0 spiro atoms. The van der Waals surface area contributed by atoms with Crippen molar-refractivity contribution in [1.82, 2.24) is 0 Å². The van der Waals surface area contributed by atoms with Gasteiger partial charge in [-0.05, 0) is 37.0 Å². The van der Waals surface area contributed by atoms with Crippen molar-refractivity contribution in [2.24, 2.45) is 0 Å². The molecule has 1 unspecified atom stereocenters. The molecule has 0 radical (unpaired) electrons. The van der Waals surface area contributed by atoms with Gasteiger partial charge in [0.15, 0.2) is 0 Å². The zero-order valence-electron chi connectivity index (χ0n) is 10.6. The van der Waals surface area contributed by atoms with Crippen LogP contribution in [0.15, 0.2) is 30.9 Å². The maximum absolute atomic E-state index is 9.69. The van der Waals surface area contributed by atoms with Gasteiger partial charge in [-0.2, -0.15) is 5.26 Å². The fourth-order valence-electron chi connectivity index (χ4n) is 2.18. The minimum Gasteiger partial charge on any atom is -0.506 e. The summed E-state index contributed by atoms with van der Waals surface area (Å²) in [5.74, 6) is 0.0310. The van der Waals surface area contributed by atoms with Crippen LogP contribution in [0, 0.1) is 11.3 Å². The number of hydrogen-bond donors (Lipinski definition) is 1. The molecule has 0 bridgehead atoms. The van der Waals surface area contributed by atoms with Gasteiger partial charge in [-0.25, -0.2) is 0 Å². The quantitative estimate of drug-likeness (QED) is 0.764. The van der Waals surface area contributed by atoms with Crippen LogP contribution in [0.2, 0.25) is 5.02 Å². The minimum absolute atomic E-state index is 0.0310. The molecule has 0 fully saturated rings. The first kappa shape index (κ1) is 14.6. The average molecular weight is 264 g/mol. The number of hydrogen-bond acceptors (Lipinski definition) is 2. The number of aromatic hydroxyl groups is 1. The van der Waals surface area contributed by atoms with Gasteiger partial charge in [0.25, 0.3) is 0 Å². The van der Waals surface area contributed by atoms with Crippen LogP contribution >= 0.6 is 11.6 Å². The average Bonchev–Trinajstić information content (AvgIpc) is 2.38. The summed E-state index contributed by atoms with van der Waals surface area (Å²) in [6.45, 7) is 5.75. The number of rotatable bonds is 6. The highest BCUT2D eigenvalue weighted by molar-refractivity contribution is 6.32. The fourth-order valence-corrected chi connectivity index (χ4v) is 2.29. The van der Waals surface area contributed by atoms with Gasteiger partial charge in [0, 0.05) is 0 Å². The molecule has 0 aliphatic heterocycles. The van der Waals surface area contributed by atoms with E-state index in [1.54, 1.807) is 12.1 Å². The molecule has 18 heavy (non-hydrogen) atoms. The zero-order valence-corrected chi connectivity index (χ0v) is 11.4. The number of halogens is 1. The van der Waals surface area contributed by atoms with Crippen LogP contribution in [0.25, 0.3) is 0 Å². The first-order valence-corrected chi connectivity index (χ1v) is 6.48. The second kappa shape index (κ2) is 6.47. The number of phenolic OH excluding ortho intramolecular Hbond substituents is 1. The van der Waals surface area contributed by atoms with Crippen LogP contribution in [-0.4, -0.2) is 5.11 Å². The second-order valence-electron chi connectivity index (χ2n) is 4.44. The molecule has 0 aromatic heterocycles. The van der Waals surface area contributed by atoms with Crippen LogP contribution in [0.5, 0.6) is 5.75 Å². The van der Waals surface area contributed by atoms with Crippen molar-refractivity contribution in [3.05, 3.63) is 41.4 Å². The molecule has 1 aromatic rings. The number of nitrogens with zero attached hydrogens (tertiary/aromatic N) is 1. The lowest BCUT2D eigenvalue weighted by Gasteiger charge is -2.26. The van der Waals surface area contributed by atoms with Crippen molar-refractivity contribution in [3.63, 3.8) is 0 Å². The van der Waals surface area contributed by atoms with E-state index in [9.17, 15) is 10.4 Å². The lowest BCUT2D eigenvalue weighted by molar-refractivity contribution is 0.449. The van der Waals surface area contributed by atoms with Crippen molar-refractivity contribution in [1.29, 1.82) is 5.26 Å². The summed E-state index contributed by atoms with van der Waals surface area (Å²) in [5, 5.41) is 19.6. The summed E-state index contributed by atoms with van der Waals surface area (Å²) in [6.07, 6.45) is 4.98. The maximum Gasteiger partial charge on any atom is 0.134 e. The van der Waals surface area contributed by atoms with Crippen LogP contribution in [0.4, 0.5) is 0 Å². The van der Waals surface area contributed by atoms with Crippen LogP contribution in [0.3, 0.4) is 0 Å². The first-order chi connectivity index (χ1) is 8.59. The number of benzene rings is 1. The number of nitriles is 1. The summed E-state index contributed by atoms with van der Waals surface area (Å²) in [5.41, 5.74) is 0.265. The summed E-state index contributed by atoms with van der Waals surface area (Å²) in [6, 6.07) is 7.48. The molecule has 0 aliphatic carbocycles. The Labute approximate surface area is 114 Å². The lowest BCUT2D eigenvalue weighted by Crippen LogP contribution is -2.23. The predicted octanol–water partition coefficient (Wildman–Crippen LogP) is 4.57. The smallest absolute Gasteiger partial charge is 0.134 e. The van der Waals surface area contributed by atoms with Crippen molar-refractivity contribution >= 4 is 11.6 Å². The Balaban J connectivity index is 3.19. The molecule has 96 valence electrons. The van der Waals surface area contributed by atoms with E-state index in [2.05, 4.69) is 19.6 Å². The Hall–Kier alpha value is -1.46. The normalized spacial score (nSPS) is 13.6. The van der Waals surface area contributed by atoms with E-state index < -0.39 is 5.41 Å². The van der Waals surface area contributed by atoms with Crippen molar-refractivity contribution in [2.45, 2.75) is 38.0 Å². The van der Waals surface area contributed by atoms with Crippen molar-refractivity contribution in [2.75, 3.05) is 0 Å². The lowest BCUT2D eigenvalue weighted by atomic mass is 9.74. The van der Waals surface area contributed by atoms with E-state index in [0.717, 1.165) is 24.8 Å². The molecule has 0 saturated carbocycles. The van der Waals surface area contributed by atoms with Gasteiger partial charge in [0.1, 0.15) is 5.75 Å². The topological polar surface area (TPSA) is 44.0 Å². The molecule has 1 aromatic carbocycles. The Kier molecular flexibility index (Phi) is 5.25. The second-order valence-corrected chi connectivity index (χ2v) is 4.84. The van der Waals surface area contributed by atoms with E-state index in [0.29, 0.717) is 11.4 Å². The first-order valence-electron chi connectivity index (χ1n) is 6.10. The van der Waals surface area contributed by atoms with E-state index in [1.165, 1.54) is 0 Å². The highest BCUT2D eigenvalue weighted by atomic mass is 35.5. The molecule has 1 atom stereocenters. The fraction of sp³-hybridized carbons (Fsp3) is 0.400. The maximum atomic E-state index is 9.69. The molecule has 0 aliphatic rings. The third kappa shape index (κ3) is 3.05. The number of allylic oxidation sites excluding steroid dienone is 1. The summed E-state index contributed by atoms with van der Waals surface area (Å²) in [4.78, 5) is 0. The highest BCUT2D eigenvalue weighted by Crippen LogP contribution is 2.37. The zero-order chi connectivity index (χ0) is 13.6. The van der Waals surface area contributed by atoms with Gasteiger partial charge in [-0.1, -0.05) is 37.1 Å². The molecular formula is C15H18ClNO. The molecule has 3 heteroatoms. The number of phenols is 1. The molecular weight excluding hydrogens is 246 g/mol. The molecule has 1 rings (SSSR count). The van der Waals surface area contributed by atoms with Gasteiger partial charge in [0.2, 0.25) is 0 Å². The van der Waals surface area contributed by atoms with E-state index in [1.807, 2.05) is 12.1 Å². The van der Waals surface area contributed by atoms with Crippen molar-refractivity contribution in [3.8, 4) is 11.8 Å². The van der Waals surface area contributed by atoms with Gasteiger partial charge < -0.3 is 5.11 Å². The Bertz CT molecular complexity index is 464. The molecule has 0 saturated heterocycles. The monoisotopic (exact) mass is 263 g/mol. The molecule has 0 amide bonds. The Morgan fingerprint density at radius 2 is 2.22 bits per heavy atom. The highest BCUT2D eigenvalue weighted by Gasteiger charge is 2.31. The van der Waals surface area contributed by atoms with E-state index in [-0.39, 0.29) is 5.75 Å². The van der Waals surface area contributed by atoms with E-state index >= 15 is 0 Å². The third-order valence-corrected chi connectivity index (χ3v) is 3.48. The standard InChI is InChI=1S/C15H18ClNO/c1-3-5-9-15(11-17,8-4-2)12-6-7-13(16)14(18)10-12/h3,6-7,10,18H,1,4-5,8-9H2,2H3. The van der Waals surface area contributed by atoms with Gasteiger partial charge in [0.05, 0.1) is 16.5 Å². The van der Waals surface area contributed by atoms with Crippen LogP contribution in [-0.2, 0) is 5.41 Å². The summed E-state index contributed by atoms with van der Waals surface area (Å²) >= 11 is 5.81. The predicted molar refractivity (Wildman–Crippen MR) is 74.7 cm³/mol. The Morgan fingerprint density at radius 1 is 1.50 bits per heavy atom.